The number of amidine groups is 1. The lowest BCUT2D eigenvalue weighted by Gasteiger charge is -2.09. The van der Waals surface area contributed by atoms with Crippen LogP contribution in [0.15, 0.2) is 29.3 Å². The fraction of sp³-hybridized carbons (Fsp3) is 0.333. The average molecular weight is 255 g/mol. The number of methoxy groups -OCH3 is 1. The van der Waals surface area contributed by atoms with Gasteiger partial charge in [0.2, 0.25) is 0 Å². The molecule has 0 saturated carbocycles. The smallest absolute Gasteiger partial charge is 0.312 e. The van der Waals surface area contributed by atoms with Crippen LogP contribution in [0.2, 0.25) is 0 Å². The molecule has 0 aliphatic heterocycles. The predicted molar refractivity (Wildman–Crippen MR) is 68.9 cm³/mol. The summed E-state index contributed by atoms with van der Waals surface area (Å²) in [5.74, 6) is 0.00528. The van der Waals surface area contributed by atoms with Crippen LogP contribution in [0, 0.1) is 0 Å². The van der Waals surface area contributed by atoms with Crippen molar-refractivity contribution in [2.75, 3.05) is 13.0 Å². The van der Waals surface area contributed by atoms with E-state index in [2.05, 4.69) is 9.73 Å². The van der Waals surface area contributed by atoms with Crippen LogP contribution in [0.3, 0.4) is 0 Å². The van der Waals surface area contributed by atoms with Crippen LogP contribution in [0.4, 0.5) is 5.69 Å². The minimum atomic E-state index is -0.289. The maximum Gasteiger partial charge on any atom is 0.312 e. The highest BCUT2D eigenvalue weighted by Crippen LogP contribution is 2.20. The number of carbonyl (C=O) groups is 1. The molecule has 0 bridgehead atoms. The van der Waals surface area contributed by atoms with Crippen LogP contribution < -0.4 is 5.73 Å². The molecule has 92 valence electrons. The van der Waals surface area contributed by atoms with Gasteiger partial charge in [-0.2, -0.15) is 0 Å². The molecule has 5 heteroatoms. The Morgan fingerprint density at radius 2 is 2.06 bits per heavy atom. The van der Waals surface area contributed by atoms with Crippen molar-refractivity contribution in [2.24, 2.45) is 10.7 Å². The van der Waals surface area contributed by atoms with E-state index < -0.39 is 0 Å². The molecule has 1 rings (SSSR count). The highest BCUT2D eigenvalue weighted by molar-refractivity contribution is 6.28. The third-order valence-electron chi connectivity index (χ3n) is 2.36. The number of alkyl halides is 1. The zero-order valence-corrected chi connectivity index (χ0v) is 10.6. The van der Waals surface area contributed by atoms with Gasteiger partial charge in [0, 0.05) is 0 Å². The molecule has 0 amide bonds. The molecule has 0 aromatic heterocycles. The number of nitrogens with two attached hydrogens (primary N) is 1. The van der Waals surface area contributed by atoms with Gasteiger partial charge in [0.1, 0.15) is 5.84 Å². The first-order valence-electron chi connectivity index (χ1n) is 5.15. The fourth-order valence-corrected chi connectivity index (χ4v) is 1.41. The number of hydrogen-bond acceptors (Lipinski definition) is 3. The van der Waals surface area contributed by atoms with Gasteiger partial charge in [-0.15, -0.1) is 11.6 Å². The number of aliphatic imine (C=N–C) groups is 1. The fourth-order valence-electron chi connectivity index (χ4n) is 1.35. The first-order chi connectivity index (χ1) is 8.08. The van der Waals surface area contributed by atoms with Gasteiger partial charge in [-0.1, -0.05) is 12.1 Å². The summed E-state index contributed by atoms with van der Waals surface area (Å²) in [4.78, 5) is 15.4. The molecule has 4 nitrogen and oxygen atoms in total. The van der Waals surface area contributed by atoms with E-state index in [4.69, 9.17) is 17.3 Å². The monoisotopic (exact) mass is 254 g/mol. The standard InChI is InChI=1S/C12H15ClN2O2/c1-8(12(16)17-2)9-3-5-10(6-4-9)15-11(14)7-13/h3-6,8H,7H2,1-2H3,(H2,14,15). The van der Waals surface area contributed by atoms with E-state index in [1.165, 1.54) is 7.11 Å². The lowest BCUT2D eigenvalue weighted by molar-refractivity contribution is -0.141. The lowest BCUT2D eigenvalue weighted by atomic mass is 10.0. The second-order valence-electron chi connectivity index (χ2n) is 3.57. The summed E-state index contributed by atoms with van der Waals surface area (Å²) in [6.07, 6.45) is 0. The van der Waals surface area contributed by atoms with Crippen LogP contribution in [-0.4, -0.2) is 24.8 Å². The van der Waals surface area contributed by atoms with Crippen LogP contribution in [0.5, 0.6) is 0 Å². The Hall–Kier alpha value is -1.55. The highest BCUT2D eigenvalue weighted by Gasteiger charge is 2.14. The number of carbonyl (C=O) groups excluding carboxylic acids is 1. The molecule has 2 N–H and O–H groups in total. The third-order valence-corrected chi connectivity index (χ3v) is 2.63. The molecular weight excluding hydrogens is 240 g/mol. The van der Waals surface area contributed by atoms with E-state index in [-0.39, 0.29) is 17.8 Å². The molecule has 17 heavy (non-hydrogen) atoms. The Bertz CT molecular complexity index is 415. The largest absolute Gasteiger partial charge is 0.469 e. The van der Waals surface area contributed by atoms with Crippen LogP contribution in [-0.2, 0) is 9.53 Å². The highest BCUT2D eigenvalue weighted by atomic mass is 35.5. The summed E-state index contributed by atoms with van der Waals surface area (Å²) in [7, 11) is 1.37. The zero-order chi connectivity index (χ0) is 12.8. The Morgan fingerprint density at radius 1 is 1.47 bits per heavy atom. The molecule has 0 saturated heterocycles. The van der Waals surface area contributed by atoms with E-state index in [0.717, 1.165) is 5.56 Å². The van der Waals surface area contributed by atoms with Gasteiger partial charge in [0.05, 0.1) is 24.6 Å². The Morgan fingerprint density at radius 3 is 2.53 bits per heavy atom. The number of hydrogen-bond donors (Lipinski definition) is 1. The molecule has 0 fully saturated rings. The molecule has 0 aliphatic rings. The number of nitrogens with zero attached hydrogens (tertiary/aromatic N) is 1. The Labute approximate surface area is 105 Å². The molecule has 0 aliphatic carbocycles. The van der Waals surface area contributed by atoms with Crippen LogP contribution >= 0.6 is 11.6 Å². The molecule has 1 aromatic rings. The Kier molecular flexibility index (Phi) is 4.97. The van der Waals surface area contributed by atoms with E-state index in [1.54, 1.807) is 19.1 Å². The quantitative estimate of drug-likeness (QED) is 0.388. The van der Waals surface area contributed by atoms with Crippen molar-refractivity contribution in [3.05, 3.63) is 29.8 Å². The predicted octanol–water partition coefficient (Wildman–Crippen LogP) is 2.19. The summed E-state index contributed by atoms with van der Waals surface area (Å²) in [5.41, 5.74) is 7.10. The third kappa shape index (κ3) is 3.75. The SMILES string of the molecule is COC(=O)C(C)c1ccc(N=C(N)CCl)cc1. The first-order valence-corrected chi connectivity index (χ1v) is 5.68. The van der Waals surface area contributed by atoms with E-state index in [9.17, 15) is 4.79 Å². The maximum absolute atomic E-state index is 11.3. The van der Waals surface area contributed by atoms with E-state index in [1.807, 2.05) is 12.1 Å². The van der Waals surface area contributed by atoms with Crippen molar-refractivity contribution in [1.82, 2.24) is 0 Å². The maximum atomic E-state index is 11.3. The van der Waals surface area contributed by atoms with Gasteiger partial charge < -0.3 is 10.5 Å². The molecule has 1 unspecified atom stereocenters. The van der Waals surface area contributed by atoms with Gasteiger partial charge in [0.15, 0.2) is 0 Å². The number of rotatable bonds is 4. The average Bonchev–Trinajstić information content (AvgIpc) is 2.37. The Balaban J connectivity index is 2.85. The van der Waals surface area contributed by atoms with Crippen LogP contribution in [0.25, 0.3) is 0 Å². The molecule has 1 atom stereocenters. The second-order valence-corrected chi connectivity index (χ2v) is 3.84. The normalized spacial score (nSPS) is 13.2. The van der Waals surface area contributed by atoms with Gasteiger partial charge in [-0.05, 0) is 24.6 Å². The minimum Gasteiger partial charge on any atom is -0.469 e. The molecule has 0 spiro atoms. The topological polar surface area (TPSA) is 64.7 Å². The summed E-state index contributed by atoms with van der Waals surface area (Å²) >= 11 is 5.53. The molecule has 1 aromatic carbocycles. The summed E-state index contributed by atoms with van der Waals surface area (Å²) < 4.78 is 4.67. The molecule has 0 radical (unpaired) electrons. The van der Waals surface area contributed by atoms with Crippen molar-refractivity contribution < 1.29 is 9.53 Å². The van der Waals surface area contributed by atoms with Crippen LogP contribution in [0.1, 0.15) is 18.4 Å². The summed E-state index contributed by atoms with van der Waals surface area (Å²) in [6.45, 7) is 1.79. The van der Waals surface area contributed by atoms with Gasteiger partial charge >= 0.3 is 5.97 Å². The number of benzene rings is 1. The van der Waals surface area contributed by atoms with E-state index >= 15 is 0 Å². The second kappa shape index (κ2) is 6.25. The van der Waals surface area contributed by atoms with Gasteiger partial charge in [-0.3, -0.25) is 4.79 Å². The molecular formula is C12H15ClN2O2. The van der Waals surface area contributed by atoms with Crippen molar-refractivity contribution >= 4 is 29.1 Å². The van der Waals surface area contributed by atoms with Crippen molar-refractivity contribution in [1.29, 1.82) is 0 Å². The number of esters is 1. The van der Waals surface area contributed by atoms with Crippen molar-refractivity contribution in [2.45, 2.75) is 12.8 Å². The first kappa shape index (κ1) is 13.5. The van der Waals surface area contributed by atoms with Crippen molar-refractivity contribution in [3.63, 3.8) is 0 Å². The number of ether oxygens (including phenoxy) is 1. The molecule has 0 heterocycles. The number of halogens is 1. The summed E-state index contributed by atoms with van der Waals surface area (Å²) in [5, 5.41) is 0. The van der Waals surface area contributed by atoms with Gasteiger partial charge in [-0.25, -0.2) is 4.99 Å². The van der Waals surface area contributed by atoms with E-state index in [0.29, 0.717) is 11.5 Å². The summed E-state index contributed by atoms with van der Waals surface area (Å²) in [6, 6.07) is 7.21. The van der Waals surface area contributed by atoms with Gasteiger partial charge in [0.25, 0.3) is 0 Å². The lowest BCUT2D eigenvalue weighted by Crippen LogP contribution is -2.12. The van der Waals surface area contributed by atoms with Crippen molar-refractivity contribution in [3.8, 4) is 0 Å². The minimum absolute atomic E-state index is 0.195. The zero-order valence-electron chi connectivity index (χ0n) is 9.81.